The van der Waals surface area contributed by atoms with Crippen LogP contribution in [0, 0.1) is 0 Å². The van der Waals surface area contributed by atoms with Gasteiger partial charge in [-0.15, -0.1) is 11.8 Å². The van der Waals surface area contributed by atoms with E-state index in [-0.39, 0.29) is 11.2 Å². The lowest BCUT2D eigenvalue weighted by atomic mass is 10.0. The summed E-state index contributed by atoms with van der Waals surface area (Å²) in [7, 11) is 1.88. The third-order valence-electron chi connectivity index (χ3n) is 3.60. The van der Waals surface area contributed by atoms with Crippen molar-refractivity contribution in [2.75, 3.05) is 12.4 Å². The van der Waals surface area contributed by atoms with Gasteiger partial charge in [0.05, 0.1) is 12.8 Å². The highest BCUT2D eigenvalue weighted by Crippen LogP contribution is 2.37. The van der Waals surface area contributed by atoms with Crippen molar-refractivity contribution in [3.63, 3.8) is 0 Å². The molecule has 1 unspecified atom stereocenters. The van der Waals surface area contributed by atoms with Crippen molar-refractivity contribution in [3.8, 4) is 0 Å². The van der Waals surface area contributed by atoms with Crippen LogP contribution in [-0.2, 0) is 29.4 Å². The predicted molar refractivity (Wildman–Crippen MR) is 83.2 cm³/mol. The molecule has 0 amide bonds. The molecule has 0 radical (unpaired) electrons. The van der Waals surface area contributed by atoms with Crippen LogP contribution in [0.15, 0.2) is 36.7 Å². The number of aryl methyl sites for hydroxylation is 2. The number of nitrogens with zero attached hydrogens (tertiary/aromatic N) is 2. The molecule has 0 N–H and O–H groups in total. The molecular weight excluding hydrogens is 284 g/mol. The van der Waals surface area contributed by atoms with E-state index < -0.39 is 0 Å². The number of aromatic nitrogens is 2. The Kier molecular flexibility index (Phi) is 4.29. The van der Waals surface area contributed by atoms with Gasteiger partial charge in [0.15, 0.2) is 0 Å². The van der Waals surface area contributed by atoms with Crippen LogP contribution in [0.3, 0.4) is 0 Å². The fraction of sp³-hybridized carbons (Fsp3) is 0.375. The number of carbonyl (C=O) groups is 1. The van der Waals surface area contributed by atoms with Gasteiger partial charge >= 0.3 is 5.97 Å². The van der Waals surface area contributed by atoms with Crippen molar-refractivity contribution >= 4 is 17.7 Å². The maximum Gasteiger partial charge on any atom is 0.323 e. The van der Waals surface area contributed by atoms with E-state index in [0.29, 0.717) is 13.0 Å². The Bertz CT molecular complexity index is 639. The second kappa shape index (κ2) is 6.35. The average Bonchev–Trinajstić information content (AvgIpc) is 2.92. The number of benzene rings is 1. The highest BCUT2D eigenvalue weighted by molar-refractivity contribution is 8.00. The van der Waals surface area contributed by atoms with E-state index in [1.54, 1.807) is 22.6 Å². The summed E-state index contributed by atoms with van der Waals surface area (Å²) in [6.07, 6.45) is 5.48. The molecule has 1 aromatic heterocycles. The number of esters is 1. The Morgan fingerprint density at radius 3 is 3.14 bits per heavy atom. The third kappa shape index (κ3) is 3.29. The van der Waals surface area contributed by atoms with Crippen molar-refractivity contribution in [1.29, 1.82) is 0 Å². The fourth-order valence-electron chi connectivity index (χ4n) is 2.54. The molecule has 21 heavy (non-hydrogen) atoms. The van der Waals surface area contributed by atoms with Crippen LogP contribution in [0.4, 0.5) is 0 Å². The quantitative estimate of drug-likeness (QED) is 0.814. The van der Waals surface area contributed by atoms with Gasteiger partial charge in [0, 0.05) is 19.7 Å². The van der Waals surface area contributed by atoms with Crippen molar-refractivity contribution in [3.05, 3.63) is 53.3 Å². The largest absolute Gasteiger partial charge is 0.464 e. The van der Waals surface area contributed by atoms with Crippen LogP contribution < -0.4 is 0 Å². The second-order valence-corrected chi connectivity index (χ2v) is 6.35. The molecular formula is C16H18N2O2S. The molecule has 0 spiro atoms. The molecule has 0 bridgehead atoms. The van der Waals surface area contributed by atoms with Crippen molar-refractivity contribution in [1.82, 2.24) is 9.78 Å². The first-order valence-corrected chi connectivity index (χ1v) is 8.12. The number of hydrogen-bond donors (Lipinski definition) is 0. The SMILES string of the molecule is Cn1cc(CCOC(=O)C2SCCc3ccccc32)cn1. The molecule has 1 aliphatic heterocycles. The number of rotatable bonds is 4. The van der Waals surface area contributed by atoms with Gasteiger partial charge in [-0.3, -0.25) is 9.48 Å². The molecule has 1 aromatic carbocycles. The van der Waals surface area contributed by atoms with E-state index in [1.807, 2.05) is 31.4 Å². The van der Waals surface area contributed by atoms with Crippen LogP contribution in [0.25, 0.3) is 0 Å². The number of carbonyl (C=O) groups excluding carboxylic acids is 1. The van der Waals surface area contributed by atoms with Gasteiger partial charge in [-0.25, -0.2) is 0 Å². The Morgan fingerprint density at radius 2 is 2.33 bits per heavy atom. The zero-order valence-corrected chi connectivity index (χ0v) is 12.8. The predicted octanol–water partition coefficient (Wildman–Crippen LogP) is 2.54. The van der Waals surface area contributed by atoms with Gasteiger partial charge in [0.25, 0.3) is 0 Å². The standard InChI is InChI=1S/C16H18N2O2S/c1-18-11-12(10-17-18)6-8-20-16(19)15-14-5-3-2-4-13(14)7-9-21-15/h2-5,10-11,15H,6-9H2,1H3. The van der Waals surface area contributed by atoms with Crippen LogP contribution in [0.1, 0.15) is 21.9 Å². The van der Waals surface area contributed by atoms with Gasteiger partial charge in [0.1, 0.15) is 5.25 Å². The fourth-order valence-corrected chi connectivity index (χ4v) is 3.72. The molecule has 2 heterocycles. The molecule has 0 saturated carbocycles. The molecule has 3 rings (SSSR count). The van der Waals surface area contributed by atoms with E-state index in [2.05, 4.69) is 11.2 Å². The van der Waals surface area contributed by atoms with Crippen molar-refractivity contribution < 1.29 is 9.53 Å². The highest BCUT2D eigenvalue weighted by Gasteiger charge is 2.27. The van der Waals surface area contributed by atoms with Crippen LogP contribution in [0.5, 0.6) is 0 Å². The van der Waals surface area contributed by atoms with Crippen LogP contribution >= 0.6 is 11.8 Å². The van der Waals surface area contributed by atoms with Gasteiger partial charge in [-0.2, -0.15) is 5.10 Å². The second-order valence-electron chi connectivity index (χ2n) is 5.14. The molecule has 1 aliphatic rings. The average molecular weight is 302 g/mol. The zero-order valence-electron chi connectivity index (χ0n) is 12.0. The molecule has 0 fully saturated rings. The van der Waals surface area contributed by atoms with E-state index in [9.17, 15) is 4.79 Å². The van der Waals surface area contributed by atoms with Gasteiger partial charge in [0.2, 0.25) is 0 Å². The Labute approximate surface area is 128 Å². The van der Waals surface area contributed by atoms with E-state index in [0.717, 1.165) is 23.3 Å². The third-order valence-corrected chi connectivity index (χ3v) is 4.82. The maximum atomic E-state index is 12.3. The molecule has 5 heteroatoms. The summed E-state index contributed by atoms with van der Waals surface area (Å²) in [6.45, 7) is 0.407. The number of ether oxygens (including phenoxy) is 1. The van der Waals surface area contributed by atoms with Gasteiger partial charge in [-0.1, -0.05) is 24.3 Å². The minimum atomic E-state index is -0.177. The summed E-state index contributed by atoms with van der Waals surface area (Å²) in [5, 5.41) is 3.93. The Balaban J connectivity index is 1.59. The Morgan fingerprint density at radius 1 is 1.48 bits per heavy atom. The zero-order chi connectivity index (χ0) is 14.7. The number of hydrogen-bond acceptors (Lipinski definition) is 4. The minimum Gasteiger partial charge on any atom is -0.464 e. The normalized spacial score (nSPS) is 17.3. The first-order valence-electron chi connectivity index (χ1n) is 7.07. The highest BCUT2D eigenvalue weighted by atomic mass is 32.2. The van der Waals surface area contributed by atoms with E-state index in [4.69, 9.17) is 4.74 Å². The molecule has 0 aliphatic carbocycles. The van der Waals surface area contributed by atoms with Gasteiger partial charge < -0.3 is 4.74 Å². The molecule has 0 saturated heterocycles. The molecule has 4 nitrogen and oxygen atoms in total. The lowest BCUT2D eigenvalue weighted by Gasteiger charge is -2.23. The van der Waals surface area contributed by atoms with E-state index >= 15 is 0 Å². The minimum absolute atomic E-state index is 0.129. The summed E-state index contributed by atoms with van der Waals surface area (Å²) in [4.78, 5) is 12.3. The van der Waals surface area contributed by atoms with Crippen molar-refractivity contribution in [2.45, 2.75) is 18.1 Å². The first-order chi connectivity index (χ1) is 10.2. The molecule has 1 atom stereocenters. The van der Waals surface area contributed by atoms with E-state index in [1.165, 1.54) is 5.56 Å². The summed E-state index contributed by atoms with van der Waals surface area (Å²) < 4.78 is 7.21. The lowest BCUT2D eigenvalue weighted by Crippen LogP contribution is -2.19. The summed E-state index contributed by atoms with van der Waals surface area (Å²) in [5.41, 5.74) is 3.47. The van der Waals surface area contributed by atoms with Crippen LogP contribution in [0.2, 0.25) is 0 Å². The smallest absolute Gasteiger partial charge is 0.323 e. The van der Waals surface area contributed by atoms with Gasteiger partial charge in [-0.05, 0) is 28.9 Å². The lowest BCUT2D eigenvalue weighted by molar-refractivity contribution is -0.143. The van der Waals surface area contributed by atoms with Crippen molar-refractivity contribution in [2.24, 2.45) is 7.05 Å². The van der Waals surface area contributed by atoms with Crippen LogP contribution in [-0.4, -0.2) is 28.1 Å². The summed E-state index contributed by atoms with van der Waals surface area (Å²) in [6, 6.07) is 8.15. The Hall–Kier alpha value is -1.75. The maximum absolute atomic E-state index is 12.3. The molecule has 2 aromatic rings. The summed E-state index contributed by atoms with van der Waals surface area (Å²) >= 11 is 1.67. The first kappa shape index (κ1) is 14.2. The molecule has 110 valence electrons. The monoisotopic (exact) mass is 302 g/mol. The number of fused-ring (bicyclic) bond motifs is 1. The summed E-state index contributed by atoms with van der Waals surface area (Å²) in [5.74, 6) is 0.843. The topological polar surface area (TPSA) is 44.1 Å². The number of thioether (sulfide) groups is 1.